The van der Waals surface area contributed by atoms with Gasteiger partial charge in [-0.3, -0.25) is 20.3 Å². The molecule has 9 nitrogen and oxygen atoms in total. The number of imide groups is 1. The van der Waals surface area contributed by atoms with Crippen LogP contribution < -0.4 is 10.7 Å². The van der Waals surface area contributed by atoms with E-state index in [9.17, 15) is 14.4 Å². The van der Waals surface area contributed by atoms with Gasteiger partial charge in [-0.05, 0) is 31.5 Å². The number of carbonyl (C=O) groups excluding carboxylic acids is 3. The summed E-state index contributed by atoms with van der Waals surface area (Å²) in [5.74, 6) is 0.0412. The highest BCUT2D eigenvalue weighted by atomic mass is 32.1. The molecule has 2 N–H and O–H groups in total. The van der Waals surface area contributed by atoms with Gasteiger partial charge in [-0.2, -0.15) is 0 Å². The SMILES string of the molecule is Cc1nc(-c2ccco2)nc2sc(C(=O)NN3CC(=O)NC3=O)c(C)c12. The lowest BCUT2D eigenvalue weighted by Crippen LogP contribution is -2.44. The number of rotatable bonds is 3. The molecule has 0 atom stereocenters. The van der Waals surface area contributed by atoms with Crippen molar-refractivity contribution < 1.29 is 18.8 Å². The maximum Gasteiger partial charge on any atom is 0.343 e. The van der Waals surface area contributed by atoms with Crippen molar-refractivity contribution in [2.24, 2.45) is 0 Å². The van der Waals surface area contributed by atoms with Crippen LogP contribution in [-0.4, -0.2) is 39.4 Å². The number of thiophene rings is 1. The van der Waals surface area contributed by atoms with Crippen molar-refractivity contribution in [3.63, 3.8) is 0 Å². The maximum atomic E-state index is 12.6. The molecule has 26 heavy (non-hydrogen) atoms. The second kappa shape index (κ2) is 5.92. The normalized spacial score (nSPS) is 14.2. The van der Waals surface area contributed by atoms with E-state index in [1.165, 1.54) is 11.3 Å². The zero-order valence-corrected chi connectivity index (χ0v) is 14.6. The zero-order chi connectivity index (χ0) is 18.4. The first kappa shape index (κ1) is 16.2. The molecule has 3 aromatic heterocycles. The third-order valence-electron chi connectivity index (χ3n) is 3.95. The Labute approximate surface area is 151 Å². The molecule has 1 saturated heterocycles. The molecule has 0 aliphatic carbocycles. The molecular weight excluding hydrogens is 358 g/mol. The van der Waals surface area contributed by atoms with Crippen LogP contribution in [0.4, 0.5) is 4.79 Å². The molecular formula is C16H13N5O4S. The second-order valence-corrected chi connectivity index (χ2v) is 6.73. The number of nitrogens with one attached hydrogen (secondary N) is 2. The van der Waals surface area contributed by atoms with E-state index >= 15 is 0 Å². The molecule has 4 rings (SSSR count). The van der Waals surface area contributed by atoms with E-state index in [0.717, 1.165) is 21.7 Å². The van der Waals surface area contributed by atoms with Gasteiger partial charge in [-0.1, -0.05) is 0 Å². The molecule has 0 spiro atoms. The fraction of sp³-hybridized carbons (Fsp3) is 0.188. The van der Waals surface area contributed by atoms with Crippen molar-refractivity contribution >= 4 is 39.4 Å². The molecule has 132 valence electrons. The van der Waals surface area contributed by atoms with Gasteiger partial charge < -0.3 is 4.42 Å². The predicted octanol–water partition coefficient (Wildman–Crippen LogP) is 1.76. The molecule has 0 radical (unpaired) electrons. The number of fused-ring (bicyclic) bond motifs is 1. The Morgan fingerprint density at radius 3 is 2.81 bits per heavy atom. The number of urea groups is 1. The highest BCUT2D eigenvalue weighted by molar-refractivity contribution is 7.20. The van der Waals surface area contributed by atoms with Gasteiger partial charge in [0.25, 0.3) is 5.91 Å². The Morgan fingerprint density at radius 1 is 1.35 bits per heavy atom. The second-order valence-electron chi connectivity index (χ2n) is 5.73. The molecule has 0 saturated carbocycles. The molecule has 10 heteroatoms. The van der Waals surface area contributed by atoms with Crippen LogP contribution in [-0.2, 0) is 4.79 Å². The molecule has 4 amide bonds. The van der Waals surface area contributed by atoms with Gasteiger partial charge in [0.2, 0.25) is 5.91 Å². The Balaban J connectivity index is 1.71. The number of aromatic nitrogens is 2. The quantitative estimate of drug-likeness (QED) is 0.678. The molecule has 0 unspecified atom stereocenters. The third-order valence-corrected chi connectivity index (χ3v) is 5.13. The molecule has 1 aliphatic heterocycles. The van der Waals surface area contributed by atoms with Crippen LogP contribution in [0.2, 0.25) is 0 Å². The van der Waals surface area contributed by atoms with E-state index < -0.39 is 17.8 Å². The van der Waals surface area contributed by atoms with Crippen molar-refractivity contribution in [3.05, 3.63) is 34.5 Å². The summed E-state index contributed by atoms with van der Waals surface area (Å²) in [5, 5.41) is 3.84. The summed E-state index contributed by atoms with van der Waals surface area (Å²) >= 11 is 1.19. The van der Waals surface area contributed by atoms with E-state index in [-0.39, 0.29) is 6.54 Å². The summed E-state index contributed by atoms with van der Waals surface area (Å²) in [6.45, 7) is 3.42. The highest BCUT2D eigenvalue weighted by Gasteiger charge is 2.29. The van der Waals surface area contributed by atoms with Gasteiger partial charge in [0.1, 0.15) is 11.4 Å². The van der Waals surface area contributed by atoms with Crippen LogP contribution in [0, 0.1) is 13.8 Å². The smallest absolute Gasteiger partial charge is 0.343 e. The monoisotopic (exact) mass is 371 g/mol. The van der Waals surface area contributed by atoms with Gasteiger partial charge in [-0.25, -0.2) is 19.8 Å². The van der Waals surface area contributed by atoms with E-state index in [4.69, 9.17) is 4.42 Å². The summed E-state index contributed by atoms with van der Waals surface area (Å²) < 4.78 is 5.34. The van der Waals surface area contributed by atoms with Crippen LogP contribution in [0.25, 0.3) is 21.8 Å². The lowest BCUT2D eigenvalue weighted by molar-refractivity contribution is -0.118. The van der Waals surface area contributed by atoms with E-state index in [0.29, 0.717) is 21.3 Å². The zero-order valence-electron chi connectivity index (χ0n) is 13.8. The molecule has 4 heterocycles. The largest absolute Gasteiger partial charge is 0.461 e. The first-order valence-corrected chi connectivity index (χ1v) is 8.49. The van der Waals surface area contributed by atoms with Crippen molar-refractivity contribution in [2.45, 2.75) is 13.8 Å². The molecule has 1 aliphatic rings. The number of carbonyl (C=O) groups is 3. The standard InChI is InChI=1S/C16H13N5O4S/c1-7-11-8(2)17-13(9-4-3-5-25-9)19-15(11)26-12(7)14(23)20-21-6-10(22)18-16(21)24/h3-5H,6H2,1-2H3,(H,20,23)(H,18,22,24). The number of aryl methyl sites for hydroxylation is 2. The first-order valence-electron chi connectivity index (χ1n) is 7.68. The van der Waals surface area contributed by atoms with Gasteiger partial charge in [0, 0.05) is 5.39 Å². The van der Waals surface area contributed by atoms with Crippen molar-refractivity contribution in [1.29, 1.82) is 0 Å². The number of hydrazine groups is 1. The van der Waals surface area contributed by atoms with Crippen LogP contribution in [0.1, 0.15) is 20.9 Å². The minimum Gasteiger partial charge on any atom is -0.461 e. The summed E-state index contributed by atoms with van der Waals surface area (Å²) in [6.07, 6.45) is 1.54. The van der Waals surface area contributed by atoms with Gasteiger partial charge >= 0.3 is 6.03 Å². The van der Waals surface area contributed by atoms with E-state index in [1.54, 1.807) is 25.3 Å². The fourth-order valence-electron chi connectivity index (χ4n) is 2.78. The van der Waals surface area contributed by atoms with Crippen LogP contribution in [0.5, 0.6) is 0 Å². The predicted molar refractivity (Wildman–Crippen MR) is 92.3 cm³/mol. The molecule has 3 aromatic rings. The Kier molecular flexibility index (Phi) is 3.69. The van der Waals surface area contributed by atoms with Gasteiger partial charge in [-0.15, -0.1) is 11.3 Å². The average Bonchev–Trinajstić information content (AvgIpc) is 3.28. The Hall–Kier alpha value is -3.27. The van der Waals surface area contributed by atoms with Crippen LogP contribution in [0.3, 0.4) is 0 Å². The fourth-order valence-corrected chi connectivity index (χ4v) is 3.90. The highest BCUT2D eigenvalue weighted by Crippen LogP contribution is 2.33. The number of hydrogen-bond donors (Lipinski definition) is 2. The summed E-state index contributed by atoms with van der Waals surface area (Å²) in [4.78, 5) is 45.4. The number of amides is 4. The maximum absolute atomic E-state index is 12.6. The topological polar surface area (TPSA) is 117 Å². The Bertz CT molecular complexity index is 1060. The van der Waals surface area contributed by atoms with Crippen LogP contribution >= 0.6 is 11.3 Å². The van der Waals surface area contributed by atoms with E-state index in [2.05, 4.69) is 20.7 Å². The number of furan rings is 1. The van der Waals surface area contributed by atoms with Crippen molar-refractivity contribution in [2.75, 3.05) is 6.54 Å². The van der Waals surface area contributed by atoms with E-state index in [1.807, 2.05) is 6.92 Å². The summed E-state index contributed by atoms with van der Waals surface area (Å²) in [7, 11) is 0. The van der Waals surface area contributed by atoms with Crippen molar-refractivity contribution in [3.8, 4) is 11.6 Å². The average molecular weight is 371 g/mol. The molecule has 0 aromatic carbocycles. The minimum atomic E-state index is -0.654. The minimum absolute atomic E-state index is 0.212. The lowest BCUT2D eigenvalue weighted by Gasteiger charge is -2.13. The third kappa shape index (κ3) is 2.60. The molecule has 1 fully saturated rings. The summed E-state index contributed by atoms with van der Waals surface area (Å²) in [5.41, 5.74) is 3.89. The first-order chi connectivity index (χ1) is 12.4. The lowest BCUT2D eigenvalue weighted by atomic mass is 10.1. The van der Waals surface area contributed by atoms with Gasteiger partial charge in [0.15, 0.2) is 11.6 Å². The van der Waals surface area contributed by atoms with Gasteiger partial charge in [0.05, 0.1) is 16.8 Å². The number of hydrogen-bond acceptors (Lipinski definition) is 7. The van der Waals surface area contributed by atoms with Crippen LogP contribution in [0.15, 0.2) is 22.8 Å². The Morgan fingerprint density at radius 2 is 2.15 bits per heavy atom. The number of nitrogens with zero attached hydrogens (tertiary/aromatic N) is 3. The summed E-state index contributed by atoms with van der Waals surface area (Å²) in [6, 6.07) is 2.86. The van der Waals surface area contributed by atoms with Crippen molar-refractivity contribution in [1.82, 2.24) is 25.7 Å². The molecule has 0 bridgehead atoms.